The summed E-state index contributed by atoms with van der Waals surface area (Å²) < 4.78 is 5.64. The zero-order valence-corrected chi connectivity index (χ0v) is 18.9. The van der Waals surface area contributed by atoms with Gasteiger partial charge in [-0.3, -0.25) is 9.59 Å². The lowest BCUT2D eigenvalue weighted by molar-refractivity contribution is -0.157. The number of aliphatic carboxylic acids is 1. The first kappa shape index (κ1) is 25.4. The van der Waals surface area contributed by atoms with Gasteiger partial charge in [0.25, 0.3) is 5.91 Å². The molecule has 2 atom stereocenters. The van der Waals surface area contributed by atoms with E-state index in [1.807, 2.05) is 0 Å². The Morgan fingerprint density at radius 3 is 2.59 bits per heavy atom. The van der Waals surface area contributed by atoms with Crippen molar-refractivity contribution in [3.8, 4) is 0 Å². The summed E-state index contributed by atoms with van der Waals surface area (Å²) in [6, 6.07) is 6.20. The second kappa shape index (κ2) is 11.1. The van der Waals surface area contributed by atoms with Crippen molar-refractivity contribution in [3.63, 3.8) is 0 Å². The number of likely N-dealkylation sites (tertiary alicyclic amines) is 1. The van der Waals surface area contributed by atoms with Crippen LogP contribution in [0.25, 0.3) is 10.8 Å². The molecule has 0 radical (unpaired) electrons. The van der Waals surface area contributed by atoms with E-state index in [-0.39, 0.29) is 30.3 Å². The summed E-state index contributed by atoms with van der Waals surface area (Å²) >= 11 is 0. The number of rotatable bonds is 7. The van der Waals surface area contributed by atoms with Gasteiger partial charge in [0.05, 0.1) is 6.10 Å². The van der Waals surface area contributed by atoms with E-state index >= 15 is 0 Å². The monoisotopic (exact) mass is 464 g/mol. The largest absolute Gasteiger partial charge is 0.479 e. The van der Waals surface area contributed by atoms with Crippen molar-refractivity contribution in [1.29, 1.82) is 0 Å². The van der Waals surface area contributed by atoms with Crippen molar-refractivity contribution < 1.29 is 24.2 Å². The number of nitrogens with one attached hydrogen (secondary N) is 1. The quantitative estimate of drug-likeness (QED) is 0.571. The van der Waals surface area contributed by atoms with Gasteiger partial charge in [-0.2, -0.15) is 0 Å². The number of fused-ring (bicyclic) bond motifs is 1. The molecule has 2 heterocycles. The number of ether oxygens (including phenoxy) is 1. The number of piperidine rings is 1. The predicted octanol–water partition coefficient (Wildman–Crippen LogP) is 2.23. The van der Waals surface area contributed by atoms with Crippen LogP contribution in [0.15, 0.2) is 30.5 Å². The van der Waals surface area contributed by atoms with Crippen LogP contribution in [0.1, 0.15) is 43.5 Å². The Hall–Kier alpha value is -2.91. The van der Waals surface area contributed by atoms with Gasteiger partial charge in [-0.1, -0.05) is 6.92 Å². The zero-order valence-electron chi connectivity index (χ0n) is 18.1. The van der Waals surface area contributed by atoms with Gasteiger partial charge in [-0.25, -0.2) is 9.78 Å². The number of hydrogen-bond acceptors (Lipinski definition) is 6. The third-order valence-electron chi connectivity index (χ3n) is 5.53. The number of nitrogens with zero attached hydrogens (tertiary/aromatic N) is 2. The number of nitrogens with two attached hydrogens (primary N) is 1. The summed E-state index contributed by atoms with van der Waals surface area (Å²) in [7, 11) is 0. The first-order valence-corrected chi connectivity index (χ1v) is 10.4. The fourth-order valence-corrected chi connectivity index (χ4v) is 3.73. The number of benzene rings is 1. The number of hydrogen-bond donors (Lipinski definition) is 3. The third kappa shape index (κ3) is 5.86. The first-order valence-electron chi connectivity index (χ1n) is 10.4. The normalized spacial score (nSPS) is 16.1. The first-order chi connectivity index (χ1) is 14.8. The van der Waals surface area contributed by atoms with Gasteiger partial charge in [0.15, 0.2) is 6.10 Å². The topological polar surface area (TPSA) is 135 Å². The molecule has 0 saturated carbocycles. The van der Waals surface area contributed by atoms with Crippen LogP contribution in [0.5, 0.6) is 0 Å². The number of carbonyl (C=O) groups excluding carboxylic acids is 2. The Labute approximate surface area is 192 Å². The third-order valence-corrected chi connectivity index (χ3v) is 5.53. The summed E-state index contributed by atoms with van der Waals surface area (Å²) in [5.74, 6) is -1.09. The lowest BCUT2D eigenvalue weighted by Gasteiger charge is -2.34. The van der Waals surface area contributed by atoms with Crippen LogP contribution in [0, 0.1) is 0 Å². The van der Waals surface area contributed by atoms with E-state index in [0.29, 0.717) is 43.7 Å². The van der Waals surface area contributed by atoms with Crippen LogP contribution in [0.2, 0.25) is 0 Å². The van der Waals surface area contributed by atoms with Gasteiger partial charge in [0.1, 0.15) is 11.9 Å². The SMILES string of the molecule is CC[C@H](OC1CCN(C(=O)C(C)NC(=O)c2ccc3c(N)nccc3c2)CC1)C(=O)O.Cl. The molecule has 174 valence electrons. The maximum Gasteiger partial charge on any atom is 0.332 e. The molecule has 3 rings (SSSR count). The van der Waals surface area contributed by atoms with Crippen LogP contribution in [-0.2, 0) is 14.3 Å². The van der Waals surface area contributed by atoms with Gasteiger partial charge in [0.2, 0.25) is 5.91 Å². The Morgan fingerprint density at radius 1 is 1.28 bits per heavy atom. The van der Waals surface area contributed by atoms with Crippen LogP contribution >= 0.6 is 12.4 Å². The van der Waals surface area contributed by atoms with Crippen LogP contribution in [0.4, 0.5) is 5.82 Å². The van der Waals surface area contributed by atoms with Crippen molar-refractivity contribution >= 4 is 46.8 Å². The fourth-order valence-electron chi connectivity index (χ4n) is 3.73. The molecule has 0 bridgehead atoms. The molecule has 0 spiro atoms. The number of halogens is 1. The lowest BCUT2D eigenvalue weighted by Crippen LogP contribution is -2.50. The molecule has 2 amide bonds. The molecule has 4 N–H and O–H groups in total. The number of carboxylic acids is 1. The van der Waals surface area contributed by atoms with Gasteiger partial charge >= 0.3 is 5.97 Å². The highest BCUT2D eigenvalue weighted by atomic mass is 35.5. The van der Waals surface area contributed by atoms with Gasteiger partial charge < -0.3 is 25.8 Å². The number of amides is 2. The smallest absolute Gasteiger partial charge is 0.332 e. The molecule has 1 unspecified atom stereocenters. The molecule has 1 aliphatic rings. The Kier molecular flexibility index (Phi) is 8.80. The summed E-state index contributed by atoms with van der Waals surface area (Å²) in [4.78, 5) is 42.2. The van der Waals surface area contributed by atoms with Crippen LogP contribution in [-0.4, -0.2) is 64.1 Å². The number of carbonyl (C=O) groups is 3. The van der Waals surface area contributed by atoms with Crippen molar-refractivity contribution in [2.45, 2.75) is 51.4 Å². The second-order valence-corrected chi connectivity index (χ2v) is 7.72. The van der Waals surface area contributed by atoms with E-state index in [4.69, 9.17) is 15.6 Å². The summed E-state index contributed by atoms with van der Waals surface area (Å²) in [6.45, 7) is 4.34. The average molecular weight is 465 g/mol. The van der Waals surface area contributed by atoms with E-state index in [1.54, 1.807) is 49.2 Å². The molecule has 2 aromatic rings. The number of pyridine rings is 1. The molecular weight excluding hydrogens is 436 g/mol. The van der Waals surface area contributed by atoms with E-state index < -0.39 is 18.1 Å². The number of carboxylic acid groups (broad SMARTS) is 1. The molecule has 9 nitrogen and oxygen atoms in total. The van der Waals surface area contributed by atoms with E-state index in [2.05, 4.69) is 10.3 Å². The van der Waals surface area contributed by atoms with Gasteiger partial charge in [0, 0.05) is 30.2 Å². The molecule has 10 heteroatoms. The van der Waals surface area contributed by atoms with Crippen molar-refractivity contribution in [3.05, 3.63) is 36.0 Å². The highest BCUT2D eigenvalue weighted by Crippen LogP contribution is 2.20. The summed E-state index contributed by atoms with van der Waals surface area (Å²) in [5, 5.41) is 13.4. The minimum Gasteiger partial charge on any atom is -0.479 e. The van der Waals surface area contributed by atoms with Crippen LogP contribution < -0.4 is 11.1 Å². The number of aromatic nitrogens is 1. The minimum atomic E-state index is -0.968. The highest BCUT2D eigenvalue weighted by molar-refractivity contribution is 6.02. The lowest BCUT2D eigenvalue weighted by atomic mass is 10.1. The zero-order chi connectivity index (χ0) is 22.5. The van der Waals surface area contributed by atoms with E-state index in [1.165, 1.54) is 0 Å². The number of nitrogen functional groups attached to an aromatic ring is 1. The van der Waals surface area contributed by atoms with E-state index in [0.717, 1.165) is 10.8 Å². The average Bonchev–Trinajstić information content (AvgIpc) is 2.77. The molecule has 32 heavy (non-hydrogen) atoms. The molecule has 0 aliphatic carbocycles. The molecule has 1 aliphatic heterocycles. The molecule has 1 fully saturated rings. The second-order valence-electron chi connectivity index (χ2n) is 7.72. The molecule has 1 saturated heterocycles. The maximum atomic E-state index is 12.8. The molecular formula is C22H29ClN4O5. The van der Waals surface area contributed by atoms with Gasteiger partial charge in [-0.05, 0) is 55.8 Å². The standard InChI is InChI=1S/C22H28N4O5.ClH/c1-3-18(22(29)30)31-16-7-10-26(11-8-16)21(28)13(2)25-20(27)15-4-5-17-14(12-15)6-9-24-19(17)23;/h4-6,9,12-13,16,18H,3,7-8,10-11H2,1-2H3,(H2,23,24)(H,25,27)(H,29,30);1H/t13?,18-;/m0./s1. The van der Waals surface area contributed by atoms with Crippen LogP contribution in [0.3, 0.4) is 0 Å². The minimum absolute atomic E-state index is 0. The van der Waals surface area contributed by atoms with E-state index in [9.17, 15) is 14.4 Å². The maximum absolute atomic E-state index is 12.8. The van der Waals surface area contributed by atoms with Gasteiger partial charge in [-0.15, -0.1) is 12.4 Å². The Bertz CT molecular complexity index is 978. The predicted molar refractivity (Wildman–Crippen MR) is 123 cm³/mol. The molecule has 1 aromatic heterocycles. The summed E-state index contributed by atoms with van der Waals surface area (Å²) in [5.41, 5.74) is 6.28. The Balaban J connectivity index is 0.00000363. The summed E-state index contributed by atoms with van der Waals surface area (Å²) in [6.07, 6.45) is 2.10. The number of anilines is 1. The molecule has 1 aromatic carbocycles. The Morgan fingerprint density at radius 2 is 1.97 bits per heavy atom. The van der Waals surface area contributed by atoms with Crippen molar-refractivity contribution in [2.24, 2.45) is 0 Å². The van der Waals surface area contributed by atoms with Crippen molar-refractivity contribution in [1.82, 2.24) is 15.2 Å². The highest BCUT2D eigenvalue weighted by Gasteiger charge is 2.29. The van der Waals surface area contributed by atoms with Crippen molar-refractivity contribution in [2.75, 3.05) is 18.8 Å². The fraction of sp³-hybridized carbons (Fsp3) is 0.455.